The molecule has 0 fully saturated rings. The monoisotopic (exact) mass is 354 g/mol. The molecule has 0 radical (unpaired) electrons. The van der Waals surface area contributed by atoms with Gasteiger partial charge in [0.1, 0.15) is 4.32 Å². The molecular weight excluding hydrogens is 335 g/mol. The summed E-state index contributed by atoms with van der Waals surface area (Å²) in [7, 11) is 0. The third kappa shape index (κ3) is 11.8. The van der Waals surface area contributed by atoms with Crippen LogP contribution < -0.4 is 5.73 Å². The van der Waals surface area contributed by atoms with Crippen molar-refractivity contribution in [3.63, 3.8) is 0 Å². The van der Waals surface area contributed by atoms with E-state index in [-0.39, 0.29) is 16.5 Å². The van der Waals surface area contributed by atoms with E-state index in [9.17, 15) is 0 Å². The molecule has 0 bridgehead atoms. The molecule has 7 heteroatoms. The van der Waals surface area contributed by atoms with Gasteiger partial charge in [-0.2, -0.15) is 0 Å². The van der Waals surface area contributed by atoms with E-state index < -0.39 is 0 Å². The molecule has 0 atom stereocenters. The quantitative estimate of drug-likeness (QED) is 0.337. The molecular formula is C10H20N2NiS4. The Hall–Kier alpha value is 0.974. The molecule has 0 aliphatic rings. The van der Waals surface area contributed by atoms with Crippen LogP contribution in [0.3, 0.4) is 0 Å². The van der Waals surface area contributed by atoms with Gasteiger partial charge in [0.15, 0.2) is 4.32 Å². The Bertz CT molecular complexity index is 226. The van der Waals surface area contributed by atoms with E-state index in [2.05, 4.69) is 13.8 Å². The molecule has 0 spiro atoms. The number of hydrogen-bond acceptors (Lipinski definition) is 4. The third-order valence-corrected chi connectivity index (χ3v) is 4.60. The molecule has 0 aromatic rings. The first-order valence-electron chi connectivity index (χ1n) is 5.53. The standard InChI is InChI=1S/C10H20N2S4.Ni/c1-3-5-7-12(16-9(11)13)10(14)15-8-6-4-2;/h3-8H2,1-2H3,(H2,11,13);. The van der Waals surface area contributed by atoms with Crippen LogP contribution in [0.25, 0.3) is 0 Å². The molecule has 0 amide bonds. The molecule has 104 valence electrons. The molecule has 0 heterocycles. The van der Waals surface area contributed by atoms with Crippen molar-refractivity contribution in [3.05, 3.63) is 0 Å². The van der Waals surface area contributed by atoms with E-state index in [0.717, 1.165) is 29.5 Å². The number of nitrogens with zero attached hydrogens (tertiary/aromatic N) is 1. The van der Waals surface area contributed by atoms with Crippen molar-refractivity contribution >= 4 is 56.8 Å². The van der Waals surface area contributed by atoms with Crippen LogP contribution in [-0.4, -0.2) is 25.2 Å². The Kier molecular flexibility index (Phi) is 16.0. The van der Waals surface area contributed by atoms with Gasteiger partial charge in [-0.3, -0.25) is 4.31 Å². The van der Waals surface area contributed by atoms with Gasteiger partial charge in [0.2, 0.25) is 0 Å². The van der Waals surface area contributed by atoms with Gasteiger partial charge < -0.3 is 5.73 Å². The van der Waals surface area contributed by atoms with Gasteiger partial charge in [0.05, 0.1) is 0 Å². The fourth-order valence-electron chi connectivity index (χ4n) is 0.960. The maximum atomic E-state index is 5.54. The second-order valence-corrected chi connectivity index (χ2v) is 6.82. The molecule has 17 heavy (non-hydrogen) atoms. The summed E-state index contributed by atoms with van der Waals surface area (Å²) < 4.78 is 3.39. The Morgan fingerprint density at radius 2 is 1.76 bits per heavy atom. The first-order valence-corrected chi connectivity index (χ1v) is 8.11. The number of thioether (sulfide) groups is 1. The summed E-state index contributed by atoms with van der Waals surface area (Å²) in [6.07, 6.45) is 4.66. The number of rotatable bonds is 6. The number of thiocarbonyl (C=S) groups is 2. The van der Waals surface area contributed by atoms with E-state index in [1.54, 1.807) is 11.8 Å². The van der Waals surface area contributed by atoms with Gasteiger partial charge in [0.25, 0.3) is 0 Å². The molecule has 0 saturated heterocycles. The first-order chi connectivity index (χ1) is 7.61. The maximum Gasteiger partial charge on any atom is 0.152 e. The Balaban J connectivity index is 0. The summed E-state index contributed by atoms with van der Waals surface area (Å²) in [5, 5.41) is 0. The van der Waals surface area contributed by atoms with Crippen molar-refractivity contribution in [1.82, 2.24) is 4.31 Å². The van der Waals surface area contributed by atoms with E-state index >= 15 is 0 Å². The van der Waals surface area contributed by atoms with Crippen molar-refractivity contribution in [2.24, 2.45) is 5.73 Å². The molecule has 0 saturated carbocycles. The van der Waals surface area contributed by atoms with E-state index in [1.807, 2.05) is 4.31 Å². The fourth-order valence-corrected chi connectivity index (χ4v) is 3.31. The number of nitrogens with two attached hydrogens (primary N) is 1. The third-order valence-electron chi connectivity index (χ3n) is 1.84. The minimum atomic E-state index is 0. The predicted molar refractivity (Wildman–Crippen MR) is 86.0 cm³/mol. The van der Waals surface area contributed by atoms with Gasteiger partial charge in [-0.1, -0.05) is 62.9 Å². The minimum Gasteiger partial charge on any atom is -0.383 e. The van der Waals surface area contributed by atoms with Crippen molar-refractivity contribution in [2.75, 3.05) is 12.3 Å². The molecule has 0 aliphatic carbocycles. The average molecular weight is 355 g/mol. The van der Waals surface area contributed by atoms with Gasteiger partial charge in [0, 0.05) is 40.7 Å². The van der Waals surface area contributed by atoms with Crippen LogP contribution in [0.2, 0.25) is 0 Å². The second kappa shape index (κ2) is 13.4. The summed E-state index contributed by atoms with van der Waals surface area (Å²) in [6.45, 7) is 5.27. The molecule has 0 aromatic carbocycles. The van der Waals surface area contributed by atoms with E-state index in [1.165, 1.54) is 24.8 Å². The maximum absolute atomic E-state index is 5.54. The fraction of sp³-hybridized carbons (Fsp3) is 0.800. The van der Waals surface area contributed by atoms with Gasteiger partial charge in [-0.25, -0.2) is 0 Å². The summed E-state index contributed by atoms with van der Waals surface area (Å²) in [4.78, 5) is 0. The molecule has 0 rings (SSSR count). The zero-order chi connectivity index (χ0) is 12.4. The summed E-state index contributed by atoms with van der Waals surface area (Å²) in [5.41, 5.74) is 5.54. The predicted octanol–water partition coefficient (Wildman–Crippen LogP) is 3.80. The van der Waals surface area contributed by atoms with Crippen LogP contribution >= 0.6 is 48.1 Å². The van der Waals surface area contributed by atoms with Crippen molar-refractivity contribution < 1.29 is 16.5 Å². The number of unbranched alkanes of at least 4 members (excludes halogenated alkanes) is 2. The Labute approximate surface area is 134 Å². The minimum absolute atomic E-state index is 0. The van der Waals surface area contributed by atoms with Crippen LogP contribution in [0, 0.1) is 0 Å². The SMILES string of the molecule is CCCCSC(=S)N(CCCC)SC(N)=S.[Ni]. The Morgan fingerprint density at radius 1 is 1.18 bits per heavy atom. The Morgan fingerprint density at radius 3 is 2.24 bits per heavy atom. The van der Waals surface area contributed by atoms with Crippen molar-refractivity contribution in [1.29, 1.82) is 0 Å². The van der Waals surface area contributed by atoms with Gasteiger partial charge in [-0.05, 0) is 12.8 Å². The van der Waals surface area contributed by atoms with Crippen LogP contribution in [0.4, 0.5) is 0 Å². The summed E-state index contributed by atoms with van der Waals surface area (Å²) in [6, 6.07) is 0. The van der Waals surface area contributed by atoms with Crippen LogP contribution in [0.15, 0.2) is 0 Å². The molecule has 2 N–H and O–H groups in total. The van der Waals surface area contributed by atoms with Gasteiger partial charge >= 0.3 is 0 Å². The zero-order valence-electron chi connectivity index (χ0n) is 10.2. The normalized spacial score (nSPS) is 9.53. The molecule has 2 nitrogen and oxygen atoms in total. The zero-order valence-corrected chi connectivity index (χ0v) is 14.5. The molecule has 0 aromatic heterocycles. The second-order valence-electron chi connectivity index (χ2n) is 3.33. The largest absolute Gasteiger partial charge is 0.383 e. The van der Waals surface area contributed by atoms with Gasteiger partial charge in [-0.15, -0.1) is 0 Å². The smallest absolute Gasteiger partial charge is 0.152 e. The van der Waals surface area contributed by atoms with E-state index in [4.69, 9.17) is 30.2 Å². The molecule has 0 unspecified atom stereocenters. The molecule has 0 aliphatic heterocycles. The van der Waals surface area contributed by atoms with E-state index in [0.29, 0.717) is 4.32 Å². The van der Waals surface area contributed by atoms with Crippen molar-refractivity contribution in [2.45, 2.75) is 39.5 Å². The summed E-state index contributed by atoms with van der Waals surface area (Å²) in [5.74, 6) is 1.08. The summed E-state index contributed by atoms with van der Waals surface area (Å²) >= 11 is 13.4. The topological polar surface area (TPSA) is 29.3 Å². The number of hydrogen-bond donors (Lipinski definition) is 1. The van der Waals surface area contributed by atoms with Crippen LogP contribution in [0.1, 0.15) is 39.5 Å². The van der Waals surface area contributed by atoms with Crippen molar-refractivity contribution in [3.8, 4) is 0 Å². The average Bonchev–Trinajstić information content (AvgIpc) is 2.23. The van der Waals surface area contributed by atoms with Crippen LogP contribution in [-0.2, 0) is 16.5 Å². The van der Waals surface area contributed by atoms with Crippen LogP contribution in [0.5, 0.6) is 0 Å². The first kappa shape index (κ1) is 20.3.